The molecule has 1 saturated heterocycles. The predicted molar refractivity (Wildman–Crippen MR) is 96.9 cm³/mol. The maximum absolute atomic E-state index is 13.2. The summed E-state index contributed by atoms with van der Waals surface area (Å²) in [5, 5.41) is 0. The van der Waals surface area contributed by atoms with E-state index in [1.54, 1.807) is 6.92 Å². The van der Waals surface area contributed by atoms with E-state index in [1.807, 2.05) is 24.3 Å². The molecule has 1 aliphatic heterocycles. The third kappa shape index (κ3) is 2.08. The highest BCUT2D eigenvalue weighted by Gasteiger charge is 2.61. The average Bonchev–Trinajstić information content (AvgIpc) is 2.94. The van der Waals surface area contributed by atoms with E-state index in [4.69, 9.17) is 4.74 Å². The molecule has 5 nitrogen and oxygen atoms in total. The molecule has 0 unspecified atom stereocenters. The lowest BCUT2D eigenvalue weighted by Crippen LogP contribution is -2.41. The summed E-state index contributed by atoms with van der Waals surface area (Å²) >= 11 is 0. The van der Waals surface area contributed by atoms with Crippen LogP contribution >= 0.6 is 0 Å². The molecular formula is C22H19NO4. The van der Waals surface area contributed by atoms with Gasteiger partial charge in [-0.05, 0) is 29.2 Å². The van der Waals surface area contributed by atoms with E-state index in [0.717, 1.165) is 27.2 Å². The number of benzene rings is 2. The predicted octanol–water partition coefficient (Wildman–Crippen LogP) is 2.44. The number of likely N-dealkylation sites (tertiary alicyclic amines) is 1. The Hall–Kier alpha value is -2.95. The minimum Gasteiger partial charge on any atom is -0.465 e. The van der Waals surface area contributed by atoms with Gasteiger partial charge < -0.3 is 4.74 Å². The van der Waals surface area contributed by atoms with Crippen molar-refractivity contribution in [2.45, 2.75) is 18.8 Å². The summed E-state index contributed by atoms with van der Waals surface area (Å²) in [4.78, 5) is 39.5. The Morgan fingerprint density at radius 2 is 1.26 bits per heavy atom. The summed E-state index contributed by atoms with van der Waals surface area (Å²) in [6.07, 6.45) is 0. The van der Waals surface area contributed by atoms with E-state index in [2.05, 4.69) is 24.3 Å². The first-order valence-electron chi connectivity index (χ1n) is 9.32. The van der Waals surface area contributed by atoms with Crippen molar-refractivity contribution >= 4 is 17.8 Å². The molecule has 0 N–H and O–H groups in total. The molecule has 0 saturated carbocycles. The number of ether oxygens (including phenoxy) is 1. The van der Waals surface area contributed by atoms with Crippen molar-refractivity contribution in [1.82, 2.24) is 4.90 Å². The summed E-state index contributed by atoms with van der Waals surface area (Å²) in [6, 6.07) is 16.2. The van der Waals surface area contributed by atoms with Gasteiger partial charge in [-0.2, -0.15) is 0 Å². The molecule has 2 bridgehead atoms. The van der Waals surface area contributed by atoms with Gasteiger partial charge in [-0.15, -0.1) is 0 Å². The fourth-order valence-electron chi connectivity index (χ4n) is 5.23. The standard InChI is InChI=1S/C22H19NO4/c1-2-27-16(24)11-23-21(25)19-17-12-7-3-4-8-13(12)18(20(19)22(23)26)15-10-6-5-9-14(15)17/h3-10,17-20H,2,11H2,1H3/t17?,18?,19-,20-/m1/s1. The maximum atomic E-state index is 13.2. The van der Waals surface area contributed by atoms with E-state index >= 15 is 0 Å². The summed E-state index contributed by atoms with van der Waals surface area (Å²) in [5.41, 5.74) is 4.51. The molecule has 6 rings (SSSR count). The van der Waals surface area contributed by atoms with Gasteiger partial charge in [-0.3, -0.25) is 19.3 Å². The number of hydrogen-bond acceptors (Lipinski definition) is 4. The Bertz CT molecular complexity index is 866. The zero-order valence-electron chi connectivity index (χ0n) is 14.9. The monoisotopic (exact) mass is 361 g/mol. The number of carbonyl (C=O) groups excluding carboxylic acids is 3. The van der Waals surface area contributed by atoms with Crippen LogP contribution in [0.3, 0.4) is 0 Å². The fraction of sp³-hybridized carbons (Fsp3) is 0.318. The Kier molecular flexibility index (Phi) is 3.47. The smallest absolute Gasteiger partial charge is 0.326 e. The van der Waals surface area contributed by atoms with Gasteiger partial charge in [0, 0.05) is 11.8 Å². The van der Waals surface area contributed by atoms with Gasteiger partial charge in [-0.1, -0.05) is 48.5 Å². The van der Waals surface area contributed by atoms with E-state index < -0.39 is 17.8 Å². The molecule has 0 aromatic heterocycles. The van der Waals surface area contributed by atoms with Crippen molar-refractivity contribution in [2.75, 3.05) is 13.2 Å². The van der Waals surface area contributed by atoms with Crippen LogP contribution in [0.15, 0.2) is 48.5 Å². The molecule has 1 fully saturated rings. The van der Waals surface area contributed by atoms with E-state index in [1.165, 1.54) is 0 Å². The topological polar surface area (TPSA) is 63.7 Å². The fourth-order valence-corrected chi connectivity index (χ4v) is 5.23. The Morgan fingerprint density at radius 1 is 0.852 bits per heavy atom. The van der Waals surface area contributed by atoms with Crippen LogP contribution in [0.4, 0.5) is 0 Å². The van der Waals surface area contributed by atoms with Crippen LogP contribution in [-0.2, 0) is 19.1 Å². The number of amides is 2. The number of carbonyl (C=O) groups is 3. The third-order valence-electron chi connectivity index (χ3n) is 6.13. The molecule has 27 heavy (non-hydrogen) atoms. The molecule has 1 heterocycles. The average molecular weight is 361 g/mol. The first kappa shape index (κ1) is 16.2. The first-order chi connectivity index (χ1) is 13.1. The highest BCUT2D eigenvalue weighted by molar-refractivity contribution is 6.09. The quantitative estimate of drug-likeness (QED) is 0.622. The van der Waals surface area contributed by atoms with Crippen LogP contribution in [0.5, 0.6) is 0 Å². The highest BCUT2D eigenvalue weighted by atomic mass is 16.5. The lowest BCUT2D eigenvalue weighted by atomic mass is 9.55. The minimum atomic E-state index is -0.541. The first-order valence-corrected chi connectivity index (χ1v) is 9.32. The van der Waals surface area contributed by atoms with E-state index in [9.17, 15) is 14.4 Å². The third-order valence-corrected chi connectivity index (χ3v) is 6.13. The zero-order valence-corrected chi connectivity index (χ0v) is 14.9. The summed E-state index contributed by atoms with van der Waals surface area (Å²) in [5.74, 6) is -2.22. The van der Waals surface area contributed by atoms with Gasteiger partial charge in [0.15, 0.2) is 0 Å². The summed E-state index contributed by atoms with van der Waals surface area (Å²) in [7, 11) is 0. The van der Waals surface area contributed by atoms with Gasteiger partial charge in [-0.25, -0.2) is 0 Å². The molecule has 0 spiro atoms. The molecular weight excluding hydrogens is 342 g/mol. The zero-order chi connectivity index (χ0) is 18.7. The minimum absolute atomic E-state index is 0.143. The van der Waals surface area contributed by atoms with Gasteiger partial charge in [0.1, 0.15) is 6.54 Å². The lowest BCUT2D eigenvalue weighted by Gasteiger charge is -2.45. The van der Waals surface area contributed by atoms with E-state index in [-0.39, 0.29) is 36.8 Å². The SMILES string of the molecule is CCOC(=O)CN1C(=O)[C@@H]2C3c4ccccc4C(c4ccccc43)[C@H]2C1=O. The molecule has 2 atom stereocenters. The van der Waals surface area contributed by atoms with Crippen LogP contribution in [0, 0.1) is 11.8 Å². The normalized spacial score (nSPS) is 27.2. The van der Waals surface area contributed by atoms with Crippen molar-refractivity contribution in [2.24, 2.45) is 11.8 Å². The van der Waals surface area contributed by atoms with Crippen molar-refractivity contribution in [1.29, 1.82) is 0 Å². The number of esters is 1. The maximum Gasteiger partial charge on any atom is 0.326 e. The van der Waals surface area contributed by atoms with Crippen LogP contribution in [0.1, 0.15) is 41.0 Å². The summed E-state index contributed by atoms with van der Waals surface area (Å²) < 4.78 is 4.96. The summed E-state index contributed by atoms with van der Waals surface area (Å²) in [6.45, 7) is 1.63. The molecule has 5 heteroatoms. The number of nitrogens with zero attached hydrogens (tertiary/aromatic N) is 1. The Morgan fingerprint density at radius 3 is 1.63 bits per heavy atom. The van der Waals surface area contributed by atoms with Gasteiger partial charge >= 0.3 is 5.97 Å². The largest absolute Gasteiger partial charge is 0.465 e. The molecule has 0 radical (unpaired) electrons. The number of imide groups is 1. The van der Waals surface area contributed by atoms with Gasteiger partial charge in [0.25, 0.3) is 0 Å². The van der Waals surface area contributed by atoms with Crippen LogP contribution in [0.25, 0.3) is 0 Å². The van der Waals surface area contributed by atoms with Crippen molar-refractivity contribution in [3.63, 3.8) is 0 Å². The molecule has 2 aromatic rings. The number of hydrogen-bond donors (Lipinski definition) is 0. The molecule has 4 aliphatic rings. The molecule has 136 valence electrons. The molecule has 3 aliphatic carbocycles. The second-order valence-corrected chi connectivity index (χ2v) is 7.33. The van der Waals surface area contributed by atoms with Crippen LogP contribution in [0.2, 0.25) is 0 Å². The van der Waals surface area contributed by atoms with Gasteiger partial charge in [0.2, 0.25) is 11.8 Å². The lowest BCUT2D eigenvalue weighted by molar-refractivity contribution is -0.152. The van der Waals surface area contributed by atoms with Crippen molar-refractivity contribution in [3.05, 3.63) is 70.8 Å². The number of rotatable bonds is 3. The highest BCUT2D eigenvalue weighted by Crippen LogP contribution is 2.60. The van der Waals surface area contributed by atoms with Crippen LogP contribution in [-0.4, -0.2) is 35.8 Å². The van der Waals surface area contributed by atoms with Crippen molar-refractivity contribution in [3.8, 4) is 0 Å². The van der Waals surface area contributed by atoms with Crippen molar-refractivity contribution < 1.29 is 19.1 Å². The second-order valence-electron chi connectivity index (χ2n) is 7.33. The van der Waals surface area contributed by atoms with Crippen LogP contribution < -0.4 is 0 Å². The Labute approximate surface area is 156 Å². The van der Waals surface area contributed by atoms with E-state index in [0.29, 0.717) is 0 Å². The Balaban J connectivity index is 1.64. The second kappa shape index (κ2) is 5.78. The van der Waals surface area contributed by atoms with Gasteiger partial charge in [0.05, 0.1) is 18.4 Å². The molecule has 2 amide bonds. The molecule has 2 aromatic carbocycles.